The van der Waals surface area contributed by atoms with E-state index in [1.165, 1.54) is 0 Å². The molecule has 17 heavy (non-hydrogen) atoms. The van der Waals surface area contributed by atoms with Gasteiger partial charge in [-0.1, -0.05) is 12.1 Å². The van der Waals surface area contributed by atoms with Crippen LogP contribution in [0.5, 0.6) is 5.75 Å². The molecular formula is C12H16N4O. The number of rotatable bonds is 5. The number of hydrogen-bond acceptors (Lipinski definition) is 4. The summed E-state index contributed by atoms with van der Waals surface area (Å²) in [7, 11) is 1.92. The Labute approximate surface area is 100 Å². The first-order chi connectivity index (χ1) is 8.31. The van der Waals surface area contributed by atoms with Crippen molar-refractivity contribution in [3.8, 4) is 5.75 Å². The summed E-state index contributed by atoms with van der Waals surface area (Å²) in [6.45, 7) is 3.25. The first-order valence-corrected chi connectivity index (χ1v) is 5.60. The number of para-hydroxylation sites is 2. The minimum Gasteiger partial charge on any atom is -0.492 e. The van der Waals surface area contributed by atoms with Crippen LogP contribution in [0.1, 0.15) is 12.7 Å². The van der Waals surface area contributed by atoms with Gasteiger partial charge in [0.1, 0.15) is 12.1 Å². The summed E-state index contributed by atoms with van der Waals surface area (Å²) in [5, 5.41) is 11.1. The molecule has 1 aromatic carbocycles. The number of ether oxygens (including phenoxy) is 1. The molecule has 0 unspecified atom stereocenters. The summed E-state index contributed by atoms with van der Waals surface area (Å²) in [5.41, 5.74) is 0.970. The van der Waals surface area contributed by atoms with Crippen LogP contribution in [-0.4, -0.2) is 21.4 Å². The van der Waals surface area contributed by atoms with Gasteiger partial charge in [-0.2, -0.15) is 0 Å². The Bertz CT molecular complexity index is 481. The lowest BCUT2D eigenvalue weighted by molar-refractivity contribution is 0.341. The maximum absolute atomic E-state index is 5.53. The predicted octanol–water partition coefficient (Wildman–Crippen LogP) is 1.83. The summed E-state index contributed by atoms with van der Waals surface area (Å²) in [6, 6.07) is 7.86. The van der Waals surface area contributed by atoms with Gasteiger partial charge in [-0.25, -0.2) is 0 Å². The first-order valence-electron chi connectivity index (χ1n) is 5.60. The van der Waals surface area contributed by atoms with Crippen molar-refractivity contribution in [1.29, 1.82) is 0 Å². The Hall–Kier alpha value is -2.04. The topological polar surface area (TPSA) is 52.0 Å². The Kier molecular flexibility index (Phi) is 3.59. The molecule has 1 aromatic heterocycles. The van der Waals surface area contributed by atoms with E-state index in [4.69, 9.17) is 4.74 Å². The zero-order valence-electron chi connectivity index (χ0n) is 10.1. The van der Waals surface area contributed by atoms with Crippen LogP contribution in [0.4, 0.5) is 5.69 Å². The van der Waals surface area contributed by atoms with Crippen molar-refractivity contribution in [2.45, 2.75) is 13.5 Å². The third-order valence-corrected chi connectivity index (χ3v) is 2.43. The fourth-order valence-corrected chi connectivity index (χ4v) is 1.54. The zero-order valence-corrected chi connectivity index (χ0v) is 10.1. The second-order valence-corrected chi connectivity index (χ2v) is 3.64. The van der Waals surface area contributed by atoms with Gasteiger partial charge in [0.15, 0.2) is 5.82 Å². The van der Waals surface area contributed by atoms with Crippen molar-refractivity contribution in [3.05, 3.63) is 36.4 Å². The lowest BCUT2D eigenvalue weighted by Gasteiger charge is -2.11. The molecule has 0 bridgehead atoms. The molecule has 1 N–H and O–H groups in total. The van der Waals surface area contributed by atoms with Gasteiger partial charge >= 0.3 is 0 Å². The van der Waals surface area contributed by atoms with Crippen molar-refractivity contribution >= 4 is 5.69 Å². The molecule has 0 radical (unpaired) electrons. The predicted molar refractivity (Wildman–Crippen MR) is 65.9 cm³/mol. The summed E-state index contributed by atoms with van der Waals surface area (Å²) < 4.78 is 7.42. The lowest BCUT2D eigenvalue weighted by atomic mass is 10.3. The normalized spacial score (nSPS) is 10.2. The van der Waals surface area contributed by atoms with Crippen LogP contribution < -0.4 is 10.1 Å². The van der Waals surface area contributed by atoms with Crippen LogP contribution in [0.15, 0.2) is 30.6 Å². The molecule has 0 saturated heterocycles. The minimum atomic E-state index is 0.626. The number of hydrogen-bond donors (Lipinski definition) is 1. The number of nitrogens with zero attached hydrogens (tertiary/aromatic N) is 3. The van der Waals surface area contributed by atoms with Crippen LogP contribution >= 0.6 is 0 Å². The van der Waals surface area contributed by atoms with Crippen molar-refractivity contribution in [3.63, 3.8) is 0 Å². The third-order valence-electron chi connectivity index (χ3n) is 2.43. The van der Waals surface area contributed by atoms with Gasteiger partial charge in [-0.05, 0) is 19.1 Å². The molecule has 0 aliphatic heterocycles. The molecule has 0 fully saturated rings. The van der Waals surface area contributed by atoms with E-state index >= 15 is 0 Å². The van der Waals surface area contributed by atoms with Crippen molar-refractivity contribution in [2.24, 2.45) is 7.05 Å². The van der Waals surface area contributed by atoms with Crippen molar-refractivity contribution in [1.82, 2.24) is 14.8 Å². The highest BCUT2D eigenvalue weighted by atomic mass is 16.5. The fourth-order valence-electron chi connectivity index (χ4n) is 1.54. The standard InChI is InChI=1S/C12H16N4O/c1-3-17-11-7-5-4-6-10(11)13-8-12-15-14-9-16(12)2/h4-7,9,13H,3,8H2,1-2H3. The summed E-state index contributed by atoms with van der Waals surface area (Å²) in [4.78, 5) is 0. The van der Waals surface area contributed by atoms with Gasteiger partial charge in [0.25, 0.3) is 0 Å². The molecule has 0 aliphatic carbocycles. The van der Waals surface area contributed by atoms with E-state index in [1.807, 2.05) is 42.8 Å². The summed E-state index contributed by atoms with van der Waals surface area (Å²) in [6.07, 6.45) is 1.69. The average molecular weight is 232 g/mol. The second-order valence-electron chi connectivity index (χ2n) is 3.64. The van der Waals surface area contributed by atoms with Gasteiger partial charge in [0.05, 0.1) is 18.8 Å². The van der Waals surface area contributed by atoms with Crippen LogP contribution in [0.25, 0.3) is 0 Å². The third kappa shape index (κ3) is 2.75. The van der Waals surface area contributed by atoms with E-state index in [0.717, 1.165) is 17.3 Å². The largest absolute Gasteiger partial charge is 0.492 e. The highest BCUT2D eigenvalue weighted by Crippen LogP contribution is 2.23. The van der Waals surface area contributed by atoms with Gasteiger partial charge in [0, 0.05) is 7.05 Å². The smallest absolute Gasteiger partial charge is 0.151 e. The number of aromatic nitrogens is 3. The Morgan fingerprint density at radius 1 is 1.35 bits per heavy atom. The zero-order chi connectivity index (χ0) is 12.1. The molecule has 0 saturated carbocycles. The van der Waals surface area contributed by atoms with Gasteiger partial charge in [-0.15, -0.1) is 10.2 Å². The maximum Gasteiger partial charge on any atom is 0.151 e. The number of anilines is 1. The van der Waals surface area contributed by atoms with Crippen LogP contribution in [-0.2, 0) is 13.6 Å². The van der Waals surface area contributed by atoms with E-state index in [1.54, 1.807) is 6.33 Å². The van der Waals surface area contributed by atoms with Gasteiger partial charge in [-0.3, -0.25) is 0 Å². The molecule has 0 aliphatic rings. The first kappa shape index (κ1) is 11.4. The van der Waals surface area contributed by atoms with E-state index in [-0.39, 0.29) is 0 Å². The average Bonchev–Trinajstić information content (AvgIpc) is 2.74. The van der Waals surface area contributed by atoms with Gasteiger partial charge in [0.2, 0.25) is 0 Å². The summed E-state index contributed by atoms with van der Waals surface area (Å²) >= 11 is 0. The Morgan fingerprint density at radius 2 is 2.18 bits per heavy atom. The molecule has 5 nitrogen and oxygen atoms in total. The lowest BCUT2D eigenvalue weighted by Crippen LogP contribution is -2.07. The van der Waals surface area contributed by atoms with E-state index in [2.05, 4.69) is 15.5 Å². The molecule has 1 heterocycles. The molecule has 0 atom stereocenters. The summed E-state index contributed by atoms with van der Waals surface area (Å²) in [5.74, 6) is 1.74. The minimum absolute atomic E-state index is 0.626. The SMILES string of the molecule is CCOc1ccccc1NCc1nncn1C. The van der Waals surface area contributed by atoms with E-state index in [9.17, 15) is 0 Å². The molecule has 90 valence electrons. The highest BCUT2D eigenvalue weighted by Gasteiger charge is 2.04. The molecular weight excluding hydrogens is 216 g/mol. The molecule has 0 amide bonds. The van der Waals surface area contributed by atoms with E-state index in [0.29, 0.717) is 13.2 Å². The van der Waals surface area contributed by atoms with Crippen LogP contribution in [0.3, 0.4) is 0 Å². The molecule has 2 aromatic rings. The fraction of sp³-hybridized carbons (Fsp3) is 0.333. The Morgan fingerprint density at radius 3 is 2.88 bits per heavy atom. The second kappa shape index (κ2) is 5.34. The van der Waals surface area contributed by atoms with Gasteiger partial charge < -0.3 is 14.6 Å². The molecule has 2 rings (SSSR count). The molecule has 5 heteroatoms. The van der Waals surface area contributed by atoms with Crippen LogP contribution in [0, 0.1) is 0 Å². The monoisotopic (exact) mass is 232 g/mol. The molecule has 0 spiro atoms. The highest BCUT2D eigenvalue weighted by molar-refractivity contribution is 5.56. The Balaban J connectivity index is 2.06. The van der Waals surface area contributed by atoms with Crippen molar-refractivity contribution < 1.29 is 4.74 Å². The van der Waals surface area contributed by atoms with E-state index < -0.39 is 0 Å². The number of benzene rings is 1. The maximum atomic E-state index is 5.53. The van der Waals surface area contributed by atoms with Crippen LogP contribution in [0.2, 0.25) is 0 Å². The number of aryl methyl sites for hydroxylation is 1. The van der Waals surface area contributed by atoms with Crippen molar-refractivity contribution in [2.75, 3.05) is 11.9 Å². The quantitative estimate of drug-likeness (QED) is 0.854. The number of nitrogens with one attached hydrogen (secondary N) is 1.